The van der Waals surface area contributed by atoms with Gasteiger partial charge in [-0.3, -0.25) is 9.80 Å². The lowest BCUT2D eigenvalue weighted by atomic mass is 10.1. The quantitative estimate of drug-likeness (QED) is 0.521. The molecule has 0 aliphatic carbocycles. The highest BCUT2D eigenvalue weighted by Gasteiger charge is 2.35. The van der Waals surface area contributed by atoms with Gasteiger partial charge in [-0.25, -0.2) is 4.98 Å². The lowest BCUT2D eigenvalue weighted by Gasteiger charge is -2.19. The zero-order chi connectivity index (χ0) is 22.3. The first-order valence-corrected chi connectivity index (χ1v) is 9.84. The average Bonchev–Trinajstić information content (AvgIpc) is 3.12. The lowest BCUT2D eigenvalue weighted by Crippen LogP contribution is -2.32. The van der Waals surface area contributed by atoms with Crippen molar-refractivity contribution in [3.8, 4) is 23.2 Å². The second-order valence-corrected chi connectivity index (χ2v) is 7.74. The maximum absolute atomic E-state index is 13.1. The summed E-state index contributed by atoms with van der Waals surface area (Å²) < 4.78 is 40.9. The van der Waals surface area contributed by atoms with Crippen molar-refractivity contribution >= 4 is 0 Å². The SMILES string of the molecule is CNCN(CC#CCN(C)C)Cc1ccc(-c2nc(C(F)(F)F)cn2C(C)C)cc1. The summed E-state index contributed by atoms with van der Waals surface area (Å²) in [6.07, 6.45) is -3.38. The summed E-state index contributed by atoms with van der Waals surface area (Å²) in [5.41, 5.74) is 0.850. The zero-order valence-corrected chi connectivity index (χ0v) is 18.2. The van der Waals surface area contributed by atoms with Gasteiger partial charge in [0.15, 0.2) is 5.69 Å². The summed E-state index contributed by atoms with van der Waals surface area (Å²) in [6, 6.07) is 7.38. The Morgan fingerprint density at radius 3 is 2.27 bits per heavy atom. The van der Waals surface area contributed by atoms with E-state index >= 15 is 0 Å². The topological polar surface area (TPSA) is 36.3 Å². The maximum atomic E-state index is 13.1. The van der Waals surface area contributed by atoms with Gasteiger partial charge < -0.3 is 9.88 Å². The molecule has 8 heteroatoms. The number of halogens is 3. The molecule has 0 fully saturated rings. The Bertz CT molecular complexity index is 858. The van der Waals surface area contributed by atoms with Crippen molar-refractivity contribution in [2.45, 2.75) is 32.6 Å². The van der Waals surface area contributed by atoms with Crippen LogP contribution >= 0.6 is 0 Å². The highest BCUT2D eigenvalue weighted by molar-refractivity contribution is 5.57. The Kier molecular flexibility index (Phi) is 8.47. The number of alkyl halides is 3. The summed E-state index contributed by atoms with van der Waals surface area (Å²) >= 11 is 0. The van der Waals surface area contributed by atoms with E-state index in [1.54, 1.807) is 4.57 Å². The molecule has 0 aliphatic rings. The van der Waals surface area contributed by atoms with Gasteiger partial charge in [0.2, 0.25) is 0 Å². The Hall–Kier alpha value is -2.34. The highest BCUT2D eigenvalue weighted by atomic mass is 19.4. The predicted octanol–water partition coefficient (Wildman–Crippen LogP) is 3.69. The third-order valence-electron chi connectivity index (χ3n) is 4.40. The molecule has 0 unspecified atom stereocenters. The maximum Gasteiger partial charge on any atom is 0.434 e. The van der Waals surface area contributed by atoms with Gasteiger partial charge in [0, 0.05) is 31.0 Å². The van der Waals surface area contributed by atoms with Gasteiger partial charge in [-0.1, -0.05) is 36.1 Å². The van der Waals surface area contributed by atoms with Crippen LogP contribution in [0.3, 0.4) is 0 Å². The number of nitrogens with zero attached hydrogens (tertiary/aromatic N) is 4. The van der Waals surface area contributed by atoms with Crippen LogP contribution in [0, 0.1) is 11.8 Å². The molecule has 0 spiro atoms. The van der Waals surface area contributed by atoms with E-state index in [0.29, 0.717) is 37.7 Å². The smallest absolute Gasteiger partial charge is 0.328 e. The van der Waals surface area contributed by atoms with E-state index < -0.39 is 11.9 Å². The van der Waals surface area contributed by atoms with Gasteiger partial charge in [-0.2, -0.15) is 13.2 Å². The van der Waals surface area contributed by atoms with Crippen molar-refractivity contribution in [3.63, 3.8) is 0 Å². The third kappa shape index (κ3) is 6.87. The van der Waals surface area contributed by atoms with Gasteiger partial charge in [0.25, 0.3) is 0 Å². The number of hydrogen-bond donors (Lipinski definition) is 1. The van der Waals surface area contributed by atoms with Crippen LogP contribution in [0.2, 0.25) is 0 Å². The van der Waals surface area contributed by atoms with Crippen molar-refractivity contribution < 1.29 is 13.2 Å². The van der Waals surface area contributed by atoms with Gasteiger partial charge >= 0.3 is 6.18 Å². The van der Waals surface area contributed by atoms with Crippen molar-refractivity contribution in [3.05, 3.63) is 41.7 Å². The number of nitrogens with one attached hydrogen (secondary N) is 1. The molecule has 2 rings (SSSR count). The summed E-state index contributed by atoms with van der Waals surface area (Å²) in [6.45, 7) is 6.39. The zero-order valence-electron chi connectivity index (χ0n) is 18.2. The number of aromatic nitrogens is 2. The number of imidazole rings is 1. The second kappa shape index (κ2) is 10.6. The molecule has 0 radical (unpaired) electrons. The standard InChI is InChI=1S/C22H30F3N5/c1-17(2)30-15-20(22(23,24)25)27-21(30)19-10-8-18(9-11-19)14-29(16-26-3)13-7-6-12-28(4)5/h8-11,15,17,26H,12-14,16H2,1-5H3. The molecule has 164 valence electrons. The van der Waals surface area contributed by atoms with E-state index in [4.69, 9.17) is 0 Å². The molecular weight excluding hydrogens is 391 g/mol. The lowest BCUT2D eigenvalue weighted by molar-refractivity contribution is -0.140. The molecule has 2 aromatic rings. The Balaban J connectivity index is 2.17. The van der Waals surface area contributed by atoms with E-state index in [0.717, 1.165) is 11.8 Å². The van der Waals surface area contributed by atoms with E-state index in [9.17, 15) is 13.2 Å². The first kappa shape index (κ1) is 23.9. The van der Waals surface area contributed by atoms with Crippen LogP contribution in [0.5, 0.6) is 0 Å². The van der Waals surface area contributed by atoms with Crippen molar-refractivity contribution in [1.82, 2.24) is 24.7 Å². The summed E-state index contributed by atoms with van der Waals surface area (Å²) in [5.74, 6) is 6.62. The molecule has 0 atom stereocenters. The third-order valence-corrected chi connectivity index (χ3v) is 4.40. The Morgan fingerprint density at radius 1 is 1.10 bits per heavy atom. The molecule has 0 saturated heterocycles. The first-order valence-electron chi connectivity index (χ1n) is 9.84. The molecule has 30 heavy (non-hydrogen) atoms. The Labute approximate surface area is 176 Å². The molecule has 1 aromatic heterocycles. The number of rotatable bonds is 8. The average molecular weight is 422 g/mol. The highest BCUT2D eigenvalue weighted by Crippen LogP contribution is 2.32. The van der Waals surface area contributed by atoms with Crippen LogP contribution < -0.4 is 5.32 Å². The molecule has 1 heterocycles. The van der Waals surface area contributed by atoms with E-state index in [1.165, 1.54) is 0 Å². The summed E-state index contributed by atoms with van der Waals surface area (Å²) in [5, 5.41) is 3.14. The Morgan fingerprint density at radius 2 is 1.73 bits per heavy atom. The molecule has 1 aromatic carbocycles. The number of hydrogen-bond acceptors (Lipinski definition) is 4. The molecule has 0 bridgehead atoms. The van der Waals surface area contributed by atoms with Crippen LogP contribution in [-0.4, -0.2) is 60.3 Å². The minimum absolute atomic E-state index is 0.130. The van der Waals surface area contributed by atoms with Gasteiger partial charge in [-0.15, -0.1) is 0 Å². The minimum Gasteiger partial charge on any atom is -0.328 e. The summed E-state index contributed by atoms with van der Waals surface area (Å²) in [4.78, 5) is 8.03. The van der Waals surface area contributed by atoms with Crippen molar-refractivity contribution in [1.29, 1.82) is 0 Å². The predicted molar refractivity (Wildman–Crippen MR) is 114 cm³/mol. The van der Waals surface area contributed by atoms with Gasteiger partial charge in [0.1, 0.15) is 5.82 Å². The summed E-state index contributed by atoms with van der Waals surface area (Å²) in [7, 11) is 5.83. The van der Waals surface area contributed by atoms with Crippen LogP contribution in [0.4, 0.5) is 13.2 Å². The fourth-order valence-electron chi connectivity index (χ4n) is 2.93. The largest absolute Gasteiger partial charge is 0.434 e. The van der Waals surface area contributed by atoms with Crippen LogP contribution in [0.15, 0.2) is 30.5 Å². The molecule has 1 N–H and O–H groups in total. The fourth-order valence-corrected chi connectivity index (χ4v) is 2.93. The van der Waals surface area contributed by atoms with E-state index in [1.807, 2.05) is 64.2 Å². The second-order valence-electron chi connectivity index (χ2n) is 7.74. The fraction of sp³-hybridized carbons (Fsp3) is 0.500. The molecule has 0 saturated carbocycles. The van der Waals surface area contributed by atoms with Gasteiger partial charge in [0.05, 0.1) is 13.1 Å². The molecule has 0 aliphatic heterocycles. The van der Waals surface area contributed by atoms with E-state index in [-0.39, 0.29) is 6.04 Å². The van der Waals surface area contributed by atoms with Gasteiger partial charge in [-0.05, 0) is 40.6 Å². The molecule has 5 nitrogen and oxygen atoms in total. The first-order chi connectivity index (χ1) is 14.1. The van der Waals surface area contributed by atoms with Crippen molar-refractivity contribution in [2.75, 3.05) is 40.9 Å². The minimum atomic E-state index is -4.46. The molecular formula is C22H30F3N5. The van der Waals surface area contributed by atoms with Crippen molar-refractivity contribution in [2.24, 2.45) is 0 Å². The van der Waals surface area contributed by atoms with E-state index in [2.05, 4.69) is 27.0 Å². The normalized spacial score (nSPS) is 12.0. The van der Waals surface area contributed by atoms with Crippen LogP contribution in [0.25, 0.3) is 11.4 Å². The molecule has 0 amide bonds. The van der Waals surface area contributed by atoms with Crippen LogP contribution in [-0.2, 0) is 12.7 Å². The monoisotopic (exact) mass is 421 g/mol. The van der Waals surface area contributed by atoms with Crippen LogP contribution in [0.1, 0.15) is 31.1 Å². The number of benzene rings is 1.